The summed E-state index contributed by atoms with van der Waals surface area (Å²) < 4.78 is 5.81. The van der Waals surface area contributed by atoms with Crippen LogP contribution in [0.5, 0.6) is 0 Å². The minimum atomic E-state index is -0.285. The summed E-state index contributed by atoms with van der Waals surface area (Å²) in [5, 5.41) is 14.4. The Balaban J connectivity index is 1.37. The van der Waals surface area contributed by atoms with Crippen LogP contribution in [-0.4, -0.2) is 39.1 Å². The van der Waals surface area contributed by atoms with E-state index in [0.717, 1.165) is 37.2 Å². The average Bonchev–Trinajstić information content (AvgIpc) is 3.33. The normalized spacial score (nSPS) is 14.1. The second kappa shape index (κ2) is 6.95. The molecule has 4 rings (SSSR count). The van der Waals surface area contributed by atoms with Crippen LogP contribution in [0.25, 0.3) is 11.0 Å². The van der Waals surface area contributed by atoms with Gasteiger partial charge in [-0.1, -0.05) is 6.07 Å². The molecule has 1 aromatic carbocycles. The Morgan fingerprint density at radius 3 is 2.77 bits per heavy atom. The smallest absolute Gasteiger partial charge is 0.269 e. The van der Waals surface area contributed by atoms with Crippen molar-refractivity contribution in [1.82, 2.24) is 25.4 Å². The van der Waals surface area contributed by atoms with Crippen LogP contribution in [-0.2, 0) is 17.9 Å². The number of rotatable bonds is 5. The molecule has 1 N–H and O–H groups in total. The van der Waals surface area contributed by atoms with Crippen molar-refractivity contribution >= 4 is 22.6 Å². The summed E-state index contributed by atoms with van der Waals surface area (Å²) in [6.45, 7) is 2.09. The SMILES string of the molecule is O=C(Cn1ncc(N2CCCC2)cc1=O)NCc1ccc2nonc2c1. The molecule has 0 saturated carbocycles. The van der Waals surface area contributed by atoms with Crippen molar-refractivity contribution < 1.29 is 9.42 Å². The fourth-order valence-corrected chi connectivity index (χ4v) is 3.02. The maximum Gasteiger partial charge on any atom is 0.269 e. The average molecular weight is 354 g/mol. The zero-order valence-electron chi connectivity index (χ0n) is 14.1. The summed E-state index contributed by atoms with van der Waals surface area (Å²) >= 11 is 0. The van der Waals surface area contributed by atoms with Gasteiger partial charge in [0.05, 0.1) is 11.9 Å². The Hall–Kier alpha value is -3.23. The van der Waals surface area contributed by atoms with Gasteiger partial charge in [0, 0.05) is 25.7 Å². The molecule has 26 heavy (non-hydrogen) atoms. The first-order valence-corrected chi connectivity index (χ1v) is 8.49. The fraction of sp³-hybridized carbons (Fsp3) is 0.353. The van der Waals surface area contributed by atoms with Gasteiger partial charge in [-0.25, -0.2) is 9.31 Å². The van der Waals surface area contributed by atoms with Gasteiger partial charge in [-0.2, -0.15) is 5.10 Å². The molecule has 1 amide bonds. The number of carbonyl (C=O) groups excluding carboxylic acids is 1. The Morgan fingerprint density at radius 1 is 1.15 bits per heavy atom. The predicted octanol–water partition coefficient (Wildman–Crippen LogP) is 0.696. The second-order valence-corrected chi connectivity index (χ2v) is 6.27. The van der Waals surface area contributed by atoms with Crippen molar-refractivity contribution in [3.63, 3.8) is 0 Å². The van der Waals surface area contributed by atoms with Gasteiger partial charge in [0.15, 0.2) is 0 Å². The predicted molar refractivity (Wildman–Crippen MR) is 93.6 cm³/mol. The van der Waals surface area contributed by atoms with Crippen LogP contribution in [0.3, 0.4) is 0 Å². The molecule has 1 aliphatic heterocycles. The van der Waals surface area contributed by atoms with Gasteiger partial charge < -0.3 is 10.2 Å². The lowest BCUT2D eigenvalue weighted by Crippen LogP contribution is -2.33. The summed E-state index contributed by atoms with van der Waals surface area (Å²) in [7, 11) is 0. The van der Waals surface area contributed by atoms with Gasteiger partial charge in [-0.15, -0.1) is 0 Å². The first-order valence-electron chi connectivity index (χ1n) is 8.49. The van der Waals surface area contributed by atoms with Crippen molar-refractivity contribution in [2.75, 3.05) is 18.0 Å². The third kappa shape index (κ3) is 3.41. The summed E-state index contributed by atoms with van der Waals surface area (Å²) in [5.41, 5.74) is 2.70. The number of carbonyl (C=O) groups is 1. The summed E-state index contributed by atoms with van der Waals surface area (Å²) in [5.74, 6) is -0.285. The van der Waals surface area contributed by atoms with Gasteiger partial charge in [-0.05, 0) is 40.9 Å². The van der Waals surface area contributed by atoms with Crippen molar-refractivity contribution in [2.24, 2.45) is 0 Å². The van der Waals surface area contributed by atoms with Crippen molar-refractivity contribution in [3.05, 3.63) is 46.4 Å². The minimum absolute atomic E-state index is 0.118. The highest BCUT2D eigenvalue weighted by atomic mass is 16.6. The Labute approximate surface area is 148 Å². The maximum atomic E-state index is 12.2. The van der Waals surface area contributed by atoms with Gasteiger partial charge in [0.25, 0.3) is 5.56 Å². The number of hydrogen-bond acceptors (Lipinski definition) is 7. The highest BCUT2D eigenvalue weighted by molar-refractivity contribution is 5.76. The highest BCUT2D eigenvalue weighted by Gasteiger charge is 2.14. The molecular weight excluding hydrogens is 336 g/mol. The first-order chi connectivity index (χ1) is 12.7. The number of hydrogen-bond donors (Lipinski definition) is 1. The van der Waals surface area contributed by atoms with E-state index in [1.165, 1.54) is 10.7 Å². The summed E-state index contributed by atoms with van der Waals surface area (Å²) in [6, 6.07) is 6.94. The molecule has 1 saturated heterocycles. The van der Waals surface area contributed by atoms with Gasteiger partial charge >= 0.3 is 0 Å². The van der Waals surface area contributed by atoms with Gasteiger partial charge in [0.2, 0.25) is 5.91 Å². The molecule has 0 radical (unpaired) electrons. The van der Waals surface area contributed by atoms with Crippen LogP contribution >= 0.6 is 0 Å². The monoisotopic (exact) mass is 354 g/mol. The lowest BCUT2D eigenvalue weighted by atomic mass is 10.2. The summed E-state index contributed by atoms with van der Waals surface area (Å²) in [6.07, 6.45) is 3.90. The first kappa shape index (κ1) is 16.2. The van der Waals surface area contributed by atoms with Crippen LogP contribution in [0.4, 0.5) is 5.69 Å². The van der Waals surface area contributed by atoms with Crippen LogP contribution in [0, 0.1) is 0 Å². The molecule has 9 heteroatoms. The minimum Gasteiger partial charge on any atom is -0.370 e. The molecule has 1 fully saturated rings. The lowest BCUT2D eigenvalue weighted by Gasteiger charge is -2.17. The Kier molecular flexibility index (Phi) is 4.34. The molecule has 9 nitrogen and oxygen atoms in total. The number of amides is 1. The van der Waals surface area contributed by atoms with E-state index >= 15 is 0 Å². The Morgan fingerprint density at radius 2 is 1.96 bits per heavy atom. The van der Waals surface area contributed by atoms with E-state index in [9.17, 15) is 9.59 Å². The van der Waals surface area contributed by atoms with Crippen molar-refractivity contribution in [2.45, 2.75) is 25.9 Å². The molecule has 3 aromatic rings. The number of nitrogens with one attached hydrogen (secondary N) is 1. The molecule has 0 bridgehead atoms. The van der Waals surface area contributed by atoms with Crippen molar-refractivity contribution in [1.29, 1.82) is 0 Å². The maximum absolute atomic E-state index is 12.2. The van der Waals surface area contributed by atoms with Gasteiger partial charge in [-0.3, -0.25) is 9.59 Å². The second-order valence-electron chi connectivity index (χ2n) is 6.27. The van der Waals surface area contributed by atoms with E-state index in [2.05, 4.69) is 30.3 Å². The third-order valence-corrected chi connectivity index (χ3v) is 4.43. The van der Waals surface area contributed by atoms with E-state index in [1.807, 2.05) is 6.07 Å². The quantitative estimate of drug-likeness (QED) is 0.719. The van der Waals surface area contributed by atoms with Crippen LogP contribution in [0.1, 0.15) is 18.4 Å². The van der Waals surface area contributed by atoms with E-state index in [4.69, 9.17) is 0 Å². The molecule has 0 atom stereocenters. The van der Waals surface area contributed by atoms with Crippen LogP contribution < -0.4 is 15.8 Å². The molecule has 2 aromatic heterocycles. The largest absolute Gasteiger partial charge is 0.370 e. The summed E-state index contributed by atoms with van der Waals surface area (Å²) in [4.78, 5) is 26.4. The molecular formula is C17H18N6O3. The topological polar surface area (TPSA) is 106 Å². The van der Waals surface area contributed by atoms with E-state index in [-0.39, 0.29) is 18.0 Å². The molecule has 3 heterocycles. The zero-order valence-corrected chi connectivity index (χ0v) is 14.1. The molecule has 0 spiro atoms. The van der Waals surface area contributed by atoms with Gasteiger partial charge in [0.1, 0.15) is 17.6 Å². The zero-order chi connectivity index (χ0) is 17.9. The number of benzene rings is 1. The standard InChI is InChI=1S/C17H18N6O3/c24-16(18-9-12-3-4-14-15(7-12)21-26-20-14)11-23-17(25)8-13(10-19-23)22-5-1-2-6-22/h3-4,7-8,10H,1-2,5-6,9,11H2,(H,18,24). The lowest BCUT2D eigenvalue weighted by molar-refractivity contribution is -0.122. The molecule has 1 aliphatic rings. The van der Waals surface area contributed by atoms with E-state index in [1.54, 1.807) is 18.3 Å². The fourth-order valence-electron chi connectivity index (χ4n) is 3.02. The molecule has 0 aliphatic carbocycles. The number of anilines is 1. The van der Waals surface area contributed by atoms with Crippen molar-refractivity contribution in [3.8, 4) is 0 Å². The third-order valence-electron chi connectivity index (χ3n) is 4.43. The van der Waals surface area contributed by atoms with E-state index < -0.39 is 0 Å². The van der Waals surface area contributed by atoms with Crippen LogP contribution in [0.15, 0.2) is 39.9 Å². The molecule has 134 valence electrons. The Bertz CT molecular complexity index is 989. The number of aromatic nitrogens is 4. The highest BCUT2D eigenvalue weighted by Crippen LogP contribution is 2.16. The van der Waals surface area contributed by atoms with Crippen LogP contribution in [0.2, 0.25) is 0 Å². The molecule has 0 unspecified atom stereocenters. The van der Waals surface area contributed by atoms with E-state index in [0.29, 0.717) is 17.6 Å². The number of fused-ring (bicyclic) bond motifs is 1. The number of nitrogens with zero attached hydrogens (tertiary/aromatic N) is 5.